The first-order valence-corrected chi connectivity index (χ1v) is 6.89. The Hall–Kier alpha value is -2.06. The van der Waals surface area contributed by atoms with E-state index < -0.39 is 11.9 Å². The summed E-state index contributed by atoms with van der Waals surface area (Å²) in [6.45, 7) is 4.01. The summed E-state index contributed by atoms with van der Waals surface area (Å²) in [4.78, 5) is 12.3. The Bertz CT molecular complexity index is 475. The Morgan fingerprint density at radius 3 is 2.45 bits per heavy atom. The summed E-state index contributed by atoms with van der Waals surface area (Å²) in [7, 11) is 0. The van der Waals surface area contributed by atoms with E-state index in [1.807, 2.05) is 31.2 Å². The van der Waals surface area contributed by atoms with Crippen LogP contribution in [0.3, 0.4) is 0 Å². The number of para-hydroxylation sites is 1. The number of nitrogens with zero attached hydrogens (tertiary/aromatic N) is 2. The Labute approximate surface area is 120 Å². The third-order valence-electron chi connectivity index (χ3n) is 3.28. The summed E-state index contributed by atoms with van der Waals surface area (Å²) in [5, 5.41) is 8.90. The molecule has 1 heterocycles. The molecule has 1 aliphatic rings. The van der Waals surface area contributed by atoms with Gasteiger partial charge in [-0.3, -0.25) is 4.79 Å². The average molecular weight is 274 g/mol. The topological polar surface area (TPSA) is 96.1 Å². The molecule has 4 N–H and O–H groups in total. The lowest BCUT2D eigenvalue weighted by Gasteiger charge is -2.18. The van der Waals surface area contributed by atoms with E-state index in [2.05, 4.69) is 11.0 Å². The molecule has 1 saturated heterocycles. The number of amides is 1. The molecule has 5 nitrogen and oxygen atoms in total. The first-order valence-electron chi connectivity index (χ1n) is 6.89. The van der Waals surface area contributed by atoms with Crippen molar-refractivity contribution in [2.75, 3.05) is 18.0 Å². The van der Waals surface area contributed by atoms with Crippen LogP contribution in [-0.2, 0) is 4.79 Å². The molecule has 0 aliphatic carbocycles. The van der Waals surface area contributed by atoms with Gasteiger partial charge in [0.1, 0.15) is 6.07 Å². The van der Waals surface area contributed by atoms with Crippen LogP contribution in [0.1, 0.15) is 31.7 Å². The fourth-order valence-electron chi connectivity index (χ4n) is 2.00. The van der Waals surface area contributed by atoms with Crippen LogP contribution in [0.25, 0.3) is 0 Å². The minimum Gasteiger partial charge on any atom is -0.370 e. The van der Waals surface area contributed by atoms with Crippen LogP contribution in [0.4, 0.5) is 5.69 Å². The van der Waals surface area contributed by atoms with Crippen molar-refractivity contribution in [1.29, 1.82) is 5.26 Å². The predicted octanol–water partition coefficient (Wildman–Crippen LogP) is 1.37. The summed E-state index contributed by atoms with van der Waals surface area (Å²) in [5.41, 5.74) is 11.8. The maximum atomic E-state index is 10.0. The number of primary amides is 1. The Morgan fingerprint density at radius 1 is 1.40 bits per heavy atom. The van der Waals surface area contributed by atoms with Crippen LogP contribution >= 0.6 is 0 Å². The maximum absolute atomic E-state index is 10.0. The molecule has 0 radical (unpaired) electrons. The SMILES string of the molecule is CC[C@H](N)C(N)=O.N#Cc1ccccc1N1CCCC1. The number of nitriles is 1. The van der Waals surface area contributed by atoms with Crippen LogP contribution in [0.2, 0.25) is 0 Å². The van der Waals surface area contributed by atoms with Gasteiger partial charge in [-0.25, -0.2) is 0 Å². The smallest absolute Gasteiger partial charge is 0.234 e. The van der Waals surface area contributed by atoms with E-state index >= 15 is 0 Å². The van der Waals surface area contributed by atoms with Crippen molar-refractivity contribution >= 4 is 11.6 Å². The molecule has 108 valence electrons. The van der Waals surface area contributed by atoms with E-state index in [0.29, 0.717) is 6.42 Å². The molecule has 0 aromatic heterocycles. The van der Waals surface area contributed by atoms with Crippen LogP contribution in [0.5, 0.6) is 0 Å². The lowest BCUT2D eigenvalue weighted by atomic mass is 10.2. The number of nitrogens with two attached hydrogens (primary N) is 2. The lowest BCUT2D eigenvalue weighted by molar-refractivity contribution is -0.119. The second-order valence-corrected chi connectivity index (χ2v) is 4.74. The number of rotatable bonds is 3. The summed E-state index contributed by atoms with van der Waals surface area (Å²) in [5.74, 6) is -0.428. The molecule has 5 heteroatoms. The van der Waals surface area contributed by atoms with E-state index in [1.54, 1.807) is 0 Å². The number of carbonyl (C=O) groups is 1. The Morgan fingerprint density at radius 2 is 2.00 bits per heavy atom. The lowest BCUT2D eigenvalue weighted by Crippen LogP contribution is -2.35. The zero-order chi connectivity index (χ0) is 15.0. The van der Waals surface area contributed by atoms with Gasteiger partial charge in [-0.2, -0.15) is 5.26 Å². The van der Waals surface area contributed by atoms with E-state index in [0.717, 1.165) is 24.3 Å². The number of carbonyl (C=O) groups excluding carboxylic acids is 1. The Kier molecular flexibility index (Phi) is 6.54. The van der Waals surface area contributed by atoms with Gasteiger partial charge in [-0.15, -0.1) is 0 Å². The largest absolute Gasteiger partial charge is 0.370 e. The third kappa shape index (κ3) is 4.56. The minimum absolute atomic E-state index is 0.428. The zero-order valence-corrected chi connectivity index (χ0v) is 11.9. The second-order valence-electron chi connectivity index (χ2n) is 4.74. The van der Waals surface area contributed by atoms with E-state index in [1.165, 1.54) is 12.8 Å². The van der Waals surface area contributed by atoms with Gasteiger partial charge < -0.3 is 16.4 Å². The fourth-order valence-corrected chi connectivity index (χ4v) is 2.00. The normalized spacial score (nSPS) is 14.9. The second kappa shape index (κ2) is 8.18. The quantitative estimate of drug-likeness (QED) is 0.870. The molecular formula is C15H22N4O. The highest BCUT2D eigenvalue weighted by atomic mass is 16.1. The van der Waals surface area contributed by atoms with E-state index in [9.17, 15) is 4.79 Å². The summed E-state index contributed by atoms with van der Waals surface area (Å²) >= 11 is 0. The van der Waals surface area contributed by atoms with Gasteiger partial charge in [0, 0.05) is 13.1 Å². The highest BCUT2D eigenvalue weighted by molar-refractivity contribution is 5.79. The van der Waals surface area contributed by atoms with Crippen LogP contribution < -0.4 is 16.4 Å². The molecule has 0 bridgehead atoms. The monoisotopic (exact) mass is 274 g/mol. The van der Waals surface area contributed by atoms with Crippen molar-refractivity contribution < 1.29 is 4.79 Å². The van der Waals surface area contributed by atoms with Gasteiger partial charge in [0.15, 0.2) is 0 Å². The summed E-state index contributed by atoms with van der Waals surface area (Å²) in [6, 6.07) is 9.60. The highest BCUT2D eigenvalue weighted by Crippen LogP contribution is 2.23. The average Bonchev–Trinajstić information content (AvgIpc) is 3.01. The molecule has 1 aromatic carbocycles. The van der Waals surface area contributed by atoms with Crippen molar-refractivity contribution in [2.45, 2.75) is 32.2 Å². The van der Waals surface area contributed by atoms with Gasteiger partial charge in [-0.05, 0) is 31.4 Å². The van der Waals surface area contributed by atoms with Crippen LogP contribution in [0, 0.1) is 11.3 Å². The van der Waals surface area contributed by atoms with Gasteiger partial charge in [0.05, 0.1) is 17.3 Å². The zero-order valence-electron chi connectivity index (χ0n) is 11.9. The molecule has 0 spiro atoms. The third-order valence-corrected chi connectivity index (χ3v) is 3.28. The molecule has 1 atom stereocenters. The first kappa shape index (κ1) is 16.0. The standard InChI is InChI=1S/C11H12N2.C4H10N2O/c12-9-10-5-1-2-6-11(10)13-7-3-4-8-13;1-2-3(5)4(6)7/h1-2,5-6H,3-4,7-8H2;3H,2,5H2,1H3,(H2,6,7)/t;3-/m.0/s1. The van der Waals surface area contributed by atoms with Crippen molar-refractivity contribution in [3.8, 4) is 6.07 Å². The summed E-state index contributed by atoms with van der Waals surface area (Å²) < 4.78 is 0. The number of hydrogen-bond donors (Lipinski definition) is 2. The molecule has 0 saturated carbocycles. The number of anilines is 1. The van der Waals surface area contributed by atoms with Crippen LogP contribution in [-0.4, -0.2) is 25.0 Å². The van der Waals surface area contributed by atoms with Crippen molar-refractivity contribution in [3.63, 3.8) is 0 Å². The number of hydrogen-bond acceptors (Lipinski definition) is 4. The van der Waals surface area contributed by atoms with E-state index in [4.69, 9.17) is 16.7 Å². The molecule has 2 rings (SSSR count). The minimum atomic E-state index is -0.458. The van der Waals surface area contributed by atoms with Crippen molar-refractivity contribution in [1.82, 2.24) is 0 Å². The molecule has 20 heavy (non-hydrogen) atoms. The van der Waals surface area contributed by atoms with Crippen molar-refractivity contribution in [2.24, 2.45) is 11.5 Å². The van der Waals surface area contributed by atoms with Gasteiger partial charge in [-0.1, -0.05) is 19.1 Å². The van der Waals surface area contributed by atoms with Crippen molar-refractivity contribution in [3.05, 3.63) is 29.8 Å². The van der Waals surface area contributed by atoms with Gasteiger partial charge in [0.2, 0.25) is 5.91 Å². The molecular weight excluding hydrogens is 252 g/mol. The molecule has 1 aliphatic heterocycles. The van der Waals surface area contributed by atoms with Gasteiger partial charge in [0.25, 0.3) is 0 Å². The maximum Gasteiger partial charge on any atom is 0.234 e. The van der Waals surface area contributed by atoms with Crippen LogP contribution in [0.15, 0.2) is 24.3 Å². The highest BCUT2D eigenvalue weighted by Gasteiger charge is 2.14. The molecule has 1 amide bonds. The fraction of sp³-hybridized carbons (Fsp3) is 0.467. The van der Waals surface area contributed by atoms with Gasteiger partial charge >= 0.3 is 0 Å². The summed E-state index contributed by atoms with van der Waals surface area (Å²) in [6.07, 6.45) is 3.12. The number of benzene rings is 1. The molecule has 1 aromatic rings. The molecule has 1 fully saturated rings. The molecule has 0 unspecified atom stereocenters. The van der Waals surface area contributed by atoms with E-state index in [-0.39, 0.29) is 0 Å². The Balaban J connectivity index is 0.000000246. The first-order chi connectivity index (χ1) is 9.60. The predicted molar refractivity (Wildman–Crippen MR) is 80.1 cm³/mol.